The molecule has 0 fully saturated rings. The van der Waals surface area contributed by atoms with E-state index in [-0.39, 0.29) is 5.92 Å². The molecule has 4 unspecified atom stereocenters. The van der Waals surface area contributed by atoms with Gasteiger partial charge in [0.05, 0.1) is 0 Å². The van der Waals surface area contributed by atoms with Crippen LogP contribution >= 0.6 is 0 Å². The van der Waals surface area contributed by atoms with Crippen LogP contribution in [-0.4, -0.2) is 5.78 Å². The Morgan fingerprint density at radius 1 is 1.08 bits per heavy atom. The average molecular weight is 172 g/mol. The topological polar surface area (TPSA) is 17.1 Å². The highest BCUT2D eigenvalue weighted by Gasteiger charge is 2.40. The maximum atomic E-state index is 11.7. The van der Waals surface area contributed by atoms with Gasteiger partial charge in [0.15, 0.2) is 5.78 Å². The summed E-state index contributed by atoms with van der Waals surface area (Å²) >= 11 is 0. The predicted octanol–water partition coefficient (Wildman–Crippen LogP) is 2.12. The Bertz CT molecular complexity index is 335. The van der Waals surface area contributed by atoms with Gasteiger partial charge in [-0.05, 0) is 24.3 Å². The minimum Gasteiger partial charge on any atom is -0.295 e. The lowest BCUT2D eigenvalue weighted by Gasteiger charge is -2.34. The number of allylic oxidation sites excluding steroid dienone is 6. The molecule has 3 rings (SSSR count). The zero-order valence-electron chi connectivity index (χ0n) is 7.39. The summed E-state index contributed by atoms with van der Waals surface area (Å²) in [5.74, 6) is 2.15. The summed E-state index contributed by atoms with van der Waals surface area (Å²) in [6.45, 7) is 0. The Hall–Kier alpha value is -1.11. The molecule has 66 valence electrons. The molecule has 0 heterocycles. The molecule has 3 aliphatic carbocycles. The Labute approximate surface area is 77.8 Å². The third-order valence-corrected chi connectivity index (χ3v) is 3.51. The van der Waals surface area contributed by atoms with E-state index in [4.69, 9.17) is 0 Å². The highest BCUT2D eigenvalue weighted by atomic mass is 16.1. The van der Waals surface area contributed by atoms with Crippen LogP contribution in [0.3, 0.4) is 0 Å². The van der Waals surface area contributed by atoms with E-state index in [1.807, 2.05) is 0 Å². The van der Waals surface area contributed by atoms with E-state index < -0.39 is 0 Å². The first-order valence-corrected chi connectivity index (χ1v) is 4.93. The fourth-order valence-corrected chi connectivity index (χ4v) is 2.65. The highest BCUT2D eigenvalue weighted by molar-refractivity contribution is 5.93. The molecular formula is C12H12O. The fraction of sp³-hybridized carbons (Fsp3) is 0.417. The number of hydrogen-bond donors (Lipinski definition) is 0. The molecule has 0 spiro atoms. The Kier molecular flexibility index (Phi) is 1.37. The van der Waals surface area contributed by atoms with Crippen LogP contribution in [0.25, 0.3) is 0 Å². The Morgan fingerprint density at radius 2 is 1.92 bits per heavy atom. The first kappa shape index (κ1) is 7.31. The zero-order valence-corrected chi connectivity index (χ0v) is 7.39. The first-order chi connectivity index (χ1) is 6.36. The van der Waals surface area contributed by atoms with Crippen LogP contribution < -0.4 is 0 Å². The van der Waals surface area contributed by atoms with Crippen LogP contribution in [-0.2, 0) is 4.79 Å². The molecule has 0 aromatic rings. The molecule has 0 N–H and O–H groups in total. The SMILES string of the molecule is O=C1C=CC2C=CCC1C1C=CC21. The fourth-order valence-electron chi connectivity index (χ4n) is 2.65. The number of rotatable bonds is 0. The molecule has 2 bridgehead atoms. The molecule has 0 aliphatic heterocycles. The zero-order chi connectivity index (χ0) is 8.84. The summed E-state index contributed by atoms with van der Waals surface area (Å²) in [7, 11) is 0. The molecule has 0 aromatic heterocycles. The van der Waals surface area contributed by atoms with Gasteiger partial charge in [0, 0.05) is 11.8 Å². The van der Waals surface area contributed by atoms with Crippen molar-refractivity contribution in [2.24, 2.45) is 23.7 Å². The maximum Gasteiger partial charge on any atom is 0.159 e. The minimum atomic E-state index is 0.231. The molecular weight excluding hydrogens is 160 g/mol. The van der Waals surface area contributed by atoms with Crippen molar-refractivity contribution in [3.63, 3.8) is 0 Å². The van der Waals surface area contributed by atoms with Gasteiger partial charge in [-0.2, -0.15) is 0 Å². The van der Waals surface area contributed by atoms with Gasteiger partial charge in [-0.1, -0.05) is 30.4 Å². The molecule has 1 heteroatoms. The Morgan fingerprint density at radius 3 is 2.69 bits per heavy atom. The second kappa shape index (κ2) is 2.44. The lowest BCUT2D eigenvalue weighted by atomic mass is 9.69. The van der Waals surface area contributed by atoms with E-state index >= 15 is 0 Å². The van der Waals surface area contributed by atoms with Gasteiger partial charge in [-0.15, -0.1) is 0 Å². The summed E-state index contributed by atoms with van der Waals surface area (Å²) in [4.78, 5) is 11.7. The van der Waals surface area contributed by atoms with Crippen molar-refractivity contribution in [2.45, 2.75) is 6.42 Å². The van der Waals surface area contributed by atoms with Crippen molar-refractivity contribution in [3.05, 3.63) is 36.5 Å². The van der Waals surface area contributed by atoms with Crippen molar-refractivity contribution in [1.82, 2.24) is 0 Å². The third kappa shape index (κ3) is 0.902. The second-order valence-corrected chi connectivity index (χ2v) is 4.15. The summed E-state index contributed by atoms with van der Waals surface area (Å²) in [5.41, 5.74) is 0. The van der Waals surface area contributed by atoms with Gasteiger partial charge in [0.2, 0.25) is 0 Å². The predicted molar refractivity (Wildman–Crippen MR) is 51.0 cm³/mol. The monoisotopic (exact) mass is 172 g/mol. The highest BCUT2D eigenvalue weighted by Crippen LogP contribution is 2.44. The van der Waals surface area contributed by atoms with Gasteiger partial charge >= 0.3 is 0 Å². The van der Waals surface area contributed by atoms with Gasteiger partial charge in [0.1, 0.15) is 0 Å². The van der Waals surface area contributed by atoms with E-state index in [1.165, 1.54) is 0 Å². The quantitative estimate of drug-likeness (QED) is 0.511. The van der Waals surface area contributed by atoms with Crippen molar-refractivity contribution in [1.29, 1.82) is 0 Å². The van der Waals surface area contributed by atoms with Crippen molar-refractivity contribution >= 4 is 5.78 Å². The first-order valence-electron chi connectivity index (χ1n) is 4.93. The van der Waals surface area contributed by atoms with E-state index in [0.717, 1.165) is 6.42 Å². The molecule has 0 saturated heterocycles. The van der Waals surface area contributed by atoms with E-state index in [0.29, 0.717) is 23.5 Å². The van der Waals surface area contributed by atoms with Crippen molar-refractivity contribution in [2.75, 3.05) is 0 Å². The third-order valence-electron chi connectivity index (χ3n) is 3.51. The molecule has 1 nitrogen and oxygen atoms in total. The van der Waals surface area contributed by atoms with Crippen LogP contribution in [0.15, 0.2) is 36.5 Å². The summed E-state index contributed by atoms with van der Waals surface area (Å²) in [6.07, 6.45) is 13.7. The van der Waals surface area contributed by atoms with Gasteiger partial charge in [-0.3, -0.25) is 4.79 Å². The van der Waals surface area contributed by atoms with Crippen LogP contribution in [0.2, 0.25) is 0 Å². The van der Waals surface area contributed by atoms with Gasteiger partial charge in [0.25, 0.3) is 0 Å². The molecule has 0 radical (unpaired) electrons. The van der Waals surface area contributed by atoms with E-state index in [9.17, 15) is 4.79 Å². The second-order valence-electron chi connectivity index (χ2n) is 4.15. The minimum absolute atomic E-state index is 0.231. The molecule has 0 amide bonds. The van der Waals surface area contributed by atoms with Crippen LogP contribution in [0.4, 0.5) is 0 Å². The molecule has 0 aromatic carbocycles. The van der Waals surface area contributed by atoms with Crippen molar-refractivity contribution in [3.8, 4) is 0 Å². The lowest BCUT2D eigenvalue weighted by molar-refractivity contribution is -0.119. The number of carbonyl (C=O) groups is 1. The number of ketones is 1. The molecule has 4 atom stereocenters. The van der Waals surface area contributed by atoms with Crippen LogP contribution in [0, 0.1) is 23.7 Å². The number of carbonyl (C=O) groups excluding carboxylic acids is 1. The molecule has 13 heavy (non-hydrogen) atoms. The Balaban J connectivity index is 2.09. The molecule has 0 saturated carbocycles. The van der Waals surface area contributed by atoms with Crippen LogP contribution in [0.5, 0.6) is 0 Å². The normalized spacial score (nSPS) is 45.4. The summed E-state index contributed by atoms with van der Waals surface area (Å²) in [6, 6.07) is 0. The van der Waals surface area contributed by atoms with E-state index in [2.05, 4.69) is 30.4 Å². The van der Waals surface area contributed by atoms with Crippen LogP contribution in [0.1, 0.15) is 6.42 Å². The largest absolute Gasteiger partial charge is 0.295 e. The molecule has 3 aliphatic rings. The number of hydrogen-bond acceptors (Lipinski definition) is 1. The summed E-state index contributed by atoms with van der Waals surface area (Å²) in [5, 5.41) is 0. The standard InChI is InChI=1S/C12H12O/c13-12-7-4-8-2-1-3-11(12)10-6-5-9(8)10/h1-2,4-11H,3H2. The smallest absolute Gasteiger partial charge is 0.159 e. The summed E-state index contributed by atoms with van der Waals surface area (Å²) < 4.78 is 0. The maximum absolute atomic E-state index is 11.7. The van der Waals surface area contributed by atoms with Gasteiger partial charge < -0.3 is 0 Å². The van der Waals surface area contributed by atoms with Gasteiger partial charge in [-0.25, -0.2) is 0 Å². The van der Waals surface area contributed by atoms with E-state index in [1.54, 1.807) is 6.08 Å². The van der Waals surface area contributed by atoms with Crippen molar-refractivity contribution < 1.29 is 4.79 Å². The average Bonchev–Trinajstić information content (AvgIpc) is 2.21. The lowest BCUT2D eigenvalue weighted by Crippen LogP contribution is -2.31.